The number of primary amides is 1. The van der Waals surface area contributed by atoms with E-state index >= 15 is 0 Å². The van der Waals surface area contributed by atoms with E-state index in [-0.39, 0.29) is 0 Å². The number of carbonyl (C=O) groups excluding carboxylic acids is 1. The van der Waals surface area contributed by atoms with Crippen molar-refractivity contribution in [3.8, 4) is 0 Å². The van der Waals surface area contributed by atoms with Crippen molar-refractivity contribution in [1.82, 2.24) is 0 Å². The average molecular weight is 224 g/mol. The maximum atomic E-state index is 11.2. The van der Waals surface area contributed by atoms with Crippen molar-refractivity contribution >= 4 is 23.4 Å². The lowest BCUT2D eigenvalue weighted by molar-refractivity contribution is 0.0997. The van der Waals surface area contributed by atoms with Crippen LogP contribution in [0.5, 0.6) is 0 Å². The molecule has 0 aliphatic rings. The normalized spacial score (nSPS) is 10.6. The molecule has 1 rings (SSSR count). The Morgan fingerprint density at radius 2 is 2.13 bits per heavy atom. The van der Waals surface area contributed by atoms with Crippen molar-refractivity contribution in [3.05, 3.63) is 23.8 Å². The van der Waals surface area contributed by atoms with Crippen LogP contribution in [0.4, 0.5) is 5.69 Å². The van der Waals surface area contributed by atoms with Crippen molar-refractivity contribution in [3.63, 3.8) is 0 Å². The summed E-state index contributed by atoms with van der Waals surface area (Å²) in [5.74, 6) is 1.12. The molecule has 0 aliphatic carbocycles. The van der Waals surface area contributed by atoms with Gasteiger partial charge in [-0.1, -0.05) is 13.8 Å². The standard InChI is InChI=1S/C11H16N2OS/c1-7(2)6-15-10-4-3-8(12)5-9(10)11(13)14/h3-5,7H,6,12H2,1-2H3,(H2,13,14). The Bertz CT molecular complexity index is 364. The molecule has 1 amide bonds. The number of amides is 1. The van der Waals surface area contributed by atoms with Gasteiger partial charge in [0, 0.05) is 16.3 Å². The zero-order valence-corrected chi connectivity index (χ0v) is 9.80. The number of rotatable bonds is 4. The summed E-state index contributed by atoms with van der Waals surface area (Å²) in [5.41, 5.74) is 12.0. The highest BCUT2D eigenvalue weighted by molar-refractivity contribution is 7.99. The number of benzene rings is 1. The lowest BCUT2D eigenvalue weighted by atomic mass is 10.2. The zero-order valence-electron chi connectivity index (χ0n) is 8.99. The van der Waals surface area contributed by atoms with Crippen LogP contribution < -0.4 is 11.5 Å². The van der Waals surface area contributed by atoms with E-state index in [1.54, 1.807) is 23.9 Å². The van der Waals surface area contributed by atoms with Crippen LogP contribution in [-0.2, 0) is 0 Å². The molecule has 0 radical (unpaired) electrons. The van der Waals surface area contributed by atoms with E-state index in [0.717, 1.165) is 10.6 Å². The van der Waals surface area contributed by atoms with Crippen molar-refractivity contribution < 1.29 is 4.79 Å². The van der Waals surface area contributed by atoms with E-state index < -0.39 is 5.91 Å². The summed E-state index contributed by atoms with van der Waals surface area (Å²) in [6.45, 7) is 4.27. The molecule has 82 valence electrons. The summed E-state index contributed by atoms with van der Waals surface area (Å²) in [4.78, 5) is 12.1. The van der Waals surface area contributed by atoms with E-state index in [4.69, 9.17) is 11.5 Å². The maximum Gasteiger partial charge on any atom is 0.249 e. The van der Waals surface area contributed by atoms with Gasteiger partial charge in [0.05, 0.1) is 5.56 Å². The molecule has 0 bridgehead atoms. The van der Waals surface area contributed by atoms with Gasteiger partial charge in [-0.3, -0.25) is 4.79 Å². The molecule has 3 nitrogen and oxygen atoms in total. The molecule has 1 aromatic carbocycles. The quantitative estimate of drug-likeness (QED) is 0.608. The largest absolute Gasteiger partial charge is 0.399 e. The van der Waals surface area contributed by atoms with Crippen LogP contribution in [0.1, 0.15) is 24.2 Å². The summed E-state index contributed by atoms with van der Waals surface area (Å²) in [6.07, 6.45) is 0. The highest BCUT2D eigenvalue weighted by atomic mass is 32.2. The fourth-order valence-electron chi connectivity index (χ4n) is 1.12. The van der Waals surface area contributed by atoms with Crippen LogP contribution in [0.25, 0.3) is 0 Å². The molecule has 0 fully saturated rings. The molecule has 0 unspecified atom stereocenters. The van der Waals surface area contributed by atoms with E-state index in [1.807, 2.05) is 6.07 Å². The first-order chi connectivity index (χ1) is 7.00. The molecule has 0 aromatic heterocycles. The molecular weight excluding hydrogens is 208 g/mol. The monoisotopic (exact) mass is 224 g/mol. The first-order valence-electron chi connectivity index (χ1n) is 4.83. The number of nitrogens with two attached hydrogens (primary N) is 2. The smallest absolute Gasteiger partial charge is 0.249 e. The van der Waals surface area contributed by atoms with Crippen LogP contribution in [0.3, 0.4) is 0 Å². The third kappa shape index (κ3) is 3.47. The Kier molecular flexibility index (Phi) is 4.03. The fourth-order valence-corrected chi connectivity index (χ4v) is 2.11. The number of hydrogen-bond donors (Lipinski definition) is 2. The minimum absolute atomic E-state index is 0.423. The van der Waals surface area contributed by atoms with Gasteiger partial charge < -0.3 is 11.5 Å². The minimum Gasteiger partial charge on any atom is -0.399 e. The van der Waals surface area contributed by atoms with E-state index in [1.165, 1.54) is 0 Å². The van der Waals surface area contributed by atoms with Gasteiger partial charge in [0.1, 0.15) is 0 Å². The molecule has 0 saturated heterocycles. The maximum absolute atomic E-state index is 11.2. The molecule has 4 heteroatoms. The van der Waals surface area contributed by atoms with Gasteiger partial charge in [-0.2, -0.15) is 0 Å². The van der Waals surface area contributed by atoms with Gasteiger partial charge >= 0.3 is 0 Å². The summed E-state index contributed by atoms with van der Waals surface area (Å²) < 4.78 is 0. The molecule has 0 spiro atoms. The molecule has 0 aliphatic heterocycles. The predicted molar refractivity (Wildman–Crippen MR) is 64.9 cm³/mol. The van der Waals surface area contributed by atoms with E-state index in [0.29, 0.717) is 17.2 Å². The van der Waals surface area contributed by atoms with Crippen molar-refractivity contribution in [2.45, 2.75) is 18.7 Å². The van der Waals surface area contributed by atoms with Crippen LogP contribution in [0.15, 0.2) is 23.1 Å². The second-order valence-electron chi connectivity index (χ2n) is 3.82. The second kappa shape index (κ2) is 5.07. The number of thioether (sulfide) groups is 1. The summed E-state index contributed by atoms with van der Waals surface area (Å²) in [5, 5.41) is 0. The topological polar surface area (TPSA) is 69.1 Å². The Morgan fingerprint density at radius 1 is 1.47 bits per heavy atom. The average Bonchev–Trinajstić information content (AvgIpc) is 2.15. The molecular formula is C11H16N2OS. The summed E-state index contributed by atoms with van der Waals surface area (Å²) >= 11 is 1.64. The highest BCUT2D eigenvalue weighted by Gasteiger charge is 2.09. The Labute approximate surface area is 94.2 Å². The third-order valence-electron chi connectivity index (χ3n) is 1.84. The van der Waals surface area contributed by atoms with Gasteiger partial charge in [0.2, 0.25) is 5.91 Å². The fraction of sp³-hybridized carbons (Fsp3) is 0.364. The predicted octanol–water partition coefficient (Wildman–Crippen LogP) is 2.12. The van der Waals surface area contributed by atoms with Crippen molar-refractivity contribution in [1.29, 1.82) is 0 Å². The first kappa shape index (κ1) is 11.9. The highest BCUT2D eigenvalue weighted by Crippen LogP contribution is 2.26. The van der Waals surface area contributed by atoms with Gasteiger partial charge in [-0.15, -0.1) is 11.8 Å². The van der Waals surface area contributed by atoms with Crippen LogP contribution in [0.2, 0.25) is 0 Å². The van der Waals surface area contributed by atoms with Gasteiger partial charge in [0.25, 0.3) is 0 Å². The van der Waals surface area contributed by atoms with Crippen LogP contribution in [0, 0.1) is 5.92 Å². The molecule has 0 atom stereocenters. The molecule has 0 heterocycles. The Morgan fingerprint density at radius 3 is 2.67 bits per heavy atom. The lowest BCUT2D eigenvalue weighted by Gasteiger charge is -2.08. The number of nitrogen functional groups attached to an aromatic ring is 1. The SMILES string of the molecule is CC(C)CSc1ccc(N)cc1C(N)=O. The van der Waals surface area contributed by atoms with Gasteiger partial charge in [0.15, 0.2) is 0 Å². The Balaban J connectivity index is 2.91. The zero-order chi connectivity index (χ0) is 11.4. The lowest BCUT2D eigenvalue weighted by Crippen LogP contribution is -2.13. The van der Waals surface area contributed by atoms with Crippen LogP contribution in [-0.4, -0.2) is 11.7 Å². The van der Waals surface area contributed by atoms with Gasteiger partial charge in [-0.25, -0.2) is 0 Å². The third-order valence-corrected chi connectivity index (χ3v) is 3.34. The van der Waals surface area contributed by atoms with E-state index in [9.17, 15) is 4.79 Å². The Hall–Kier alpha value is -1.16. The van der Waals surface area contributed by atoms with Crippen molar-refractivity contribution in [2.24, 2.45) is 11.7 Å². The minimum atomic E-state index is -0.423. The summed E-state index contributed by atoms with van der Waals surface area (Å²) in [6, 6.07) is 5.27. The molecule has 4 N–H and O–H groups in total. The number of hydrogen-bond acceptors (Lipinski definition) is 3. The molecule has 15 heavy (non-hydrogen) atoms. The van der Waals surface area contributed by atoms with E-state index in [2.05, 4.69) is 13.8 Å². The second-order valence-corrected chi connectivity index (χ2v) is 4.89. The number of carbonyl (C=O) groups is 1. The first-order valence-corrected chi connectivity index (χ1v) is 5.81. The van der Waals surface area contributed by atoms with Gasteiger partial charge in [-0.05, 0) is 24.1 Å². The number of anilines is 1. The van der Waals surface area contributed by atoms with Crippen LogP contribution >= 0.6 is 11.8 Å². The summed E-state index contributed by atoms with van der Waals surface area (Å²) in [7, 11) is 0. The molecule has 1 aromatic rings. The molecule has 0 saturated carbocycles. The van der Waals surface area contributed by atoms with Crippen molar-refractivity contribution in [2.75, 3.05) is 11.5 Å².